The molecule has 0 aromatic heterocycles. The van der Waals surface area contributed by atoms with Crippen molar-refractivity contribution >= 4 is 27.6 Å². The third-order valence-corrected chi connectivity index (χ3v) is 6.98. The molecule has 1 fully saturated rings. The molecule has 3 rings (SSSR count). The average Bonchev–Trinajstić information content (AvgIpc) is 2.79. The molecule has 0 atom stereocenters. The Hall–Kier alpha value is -2.94. The second kappa shape index (κ2) is 9.91. The molecule has 0 radical (unpaired) electrons. The summed E-state index contributed by atoms with van der Waals surface area (Å²) in [6, 6.07) is 12.7. The fraction of sp³-hybridized carbons (Fsp3) is 0.364. The molecule has 0 bridgehead atoms. The van der Waals surface area contributed by atoms with Crippen LogP contribution >= 0.6 is 0 Å². The van der Waals surface area contributed by atoms with Crippen molar-refractivity contribution in [3.63, 3.8) is 0 Å². The van der Waals surface area contributed by atoms with E-state index in [2.05, 4.69) is 0 Å². The minimum atomic E-state index is -4.04. The van der Waals surface area contributed by atoms with Crippen LogP contribution in [0.15, 0.2) is 59.5 Å². The van der Waals surface area contributed by atoms with Gasteiger partial charge in [-0.2, -0.15) is 0 Å². The maximum absolute atomic E-state index is 13.4. The lowest BCUT2D eigenvalue weighted by atomic mass is 9.97. The van der Waals surface area contributed by atoms with Crippen molar-refractivity contribution in [1.29, 1.82) is 0 Å². The van der Waals surface area contributed by atoms with Crippen LogP contribution < -0.4 is 4.31 Å². The number of anilines is 1. The van der Waals surface area contributed by atoms with Gasteiger partial charge in [-0.3, -0.25) is 13.9 Å². The zero-order valence-corrected chi connectivity index (χ0v) is 18.1. The average molecular weight is 449 g/mol. The predicted octanol–water partition coefficient (Wildman–Crippen LogP) is 2.82. The summed E-state index contributed by atoms with van der Waals surface area (Å²) in [5.41, 5.74) is 0.194. The SMILES string of the molecule is CCOC(=O)C1CCN(C(=O)CN(c2ccc(F)cc2)S(=O)(=O)c2ccccc2)CC1. The standard InChI is InChI=1S/C22H25FN2O5S/c1-2-30-22(27)17-12-14-24(15-13-17)21(26)16-25(19-10-8-18(23)9-11-19)31(28,29)20-6-4-3-5-7-20/h3-11,17H,2,12-16H2,1H3. The van der Waals surface area contributed by atoms with Gasteiger partial charge in [-0.05, 0) is 56.2 Å². The number of hydrogen-bond donors (Lipinski definition) is 0. The molecule has 31 heavy (non-hydrogen) atoms. The summed E-state index contributed by atoms with van der Waals surface area (Å²) in [5.74, 6) is -1.42. The van der Waals surface area contributed by atoms with Crippen molar-refractivity contribution in [2.24, 2.45) is 5.92 Å². The Morgan fingerprint density at radius 2 is 1.68 bits per heavy atom. The molecular formula is C22H25FN2O5S. The molecule has 1 amide bonds. The van der Waals surface area contributed by atoms with Crippen LogP contribution in [0, 0.1) is 11.7 Å². The summed E-state index contributed by atoms with van der Waals surface area (Å²) in [5, 5.41) is 0. The van der Waals surface area contributed by atoms with Crippen molar-refractivity contribution in [3.05, 3.63) is 60.4 Å². The van der Waals surface area contributed by atoms with Gasteiger partial charge in [0.25, 0.3) is 10.0 Å². The van der Waals surface area contributed by atoms with Crippen LogP contribution in [-0.2, 0) is 24.3 Å². The molecule has 166 valence electrons. The van der Waals surface area contributed by atoms with Gasteiger partial charge < -0.3 is 9.64 Å². The van der Waals surface area contributed by atoms with Gasteiger partial charge in [-0.25, -0.2) is 12.8 Å². The molecule has 1 heterocycles. The molecule has 1 aliphatic heterocycles. The Kier molecular flexibility index (Phi) is 7.27. The lowest BCUT2D eigenvalue weighted by Gasteiger charge is -2.33. The molecule has 0 aliphatic carbocycles. The van der Waals surface area contributed by atoms with E-state index in [9.17, 15) is 22.4 Å². The fourth-order valence-corrected chi connectivity index (χ4v) is 4.92. The quantitative estimate of drug-likeness (QED) is 0.608. The number of esters is 1. The molecular weight excluding hydrogens is 423 g/mol. The first kappa shape index (κ1) is 22.7. The van der Waals surface area contributed by atoms with Crippen LogP contribution in [0.3, 0.4) is 0 Å². The van der Waals surface area contributed by atoms with E-state index in [0.717, 1.165) is 16.4 Å². The highest BCUT2D eigenvalue weighted by molar-refractivity contribution is 7.92. The van der Waals surface area contributed by atoms with Crippen LogP contribution in [0.25, 0.3) is 0 Å². The van der Waals surface area contributed by atoms with E-state index in [1.165, 1.54) is 24.3 Å². The number of likely N-dealkylation sites (tertiary alicyclic amines) is 1. The molecule has 7 nitrogen and oxygen atoms in total. The number of halogens is 1. The molecule has 1 aliphatic rings. The van der Waals surface area contributed by atoms with Crippen LogP contribution in [0.1, 0.15) is 19.8 Å². The van der Waals surface area contributed by atoms with Crippen LogP contribution in [0.2, 0.25) is 0 Å². The molecule has 9 heteroatoms. The third-order valence-electron chi connectivity index (χ3n) is 5.19. The van der Waals surface area contributed by atoms with Gasteiger partial charge >= 0.3 is 5.97 Å². The van der Waals surface area contributed by atoms with Crippen molar-refractivity contribution in [2.45, 2.75) is 24.7 Å². The summed E-state index contributed by atoms with van der Waals surface area (Å²) >= 11 is 0. The number of hydrogen-bond acceptors (Lipinski definition) is 5. The van der Waals surface area contributed by atoms with Crippen molar-refractivity contribution in [2.75, 3.05) is 30.5 Å². The number of carbonyl (C=O) groups excluding carboxylic acids is 2. The summed E-state index contributed by atoms with van der Waals surface area (Å²) in [4.78, 5) is 26.5. The highest BCUT2D eigenvalue weighted by atomic mass is 32.2. The van der Waals surface area contributed by atoms with Crippen LogP contribution in [0.5, 0.6) is 0 Å². The molecule has 0 N–H and O–H groups in total. The minimum Gasteiger partial charge on any atom is -0.466 e. The van der Waals surface area contributed by atoms with E-state index < -0.39 is 22.4 Å². The highest BCUT2D eigenvalue weighted by Gasteiger charge is 2.32. The Morgan fingerprint density at radius 3 is 2.26 bits per heavy atom. The van der Waals surface area contributed by atoms with Gasteiger partial charge in [0.1, 0.15) is 12.4 Å². The minimum absolute atomic E-state index is 0.0353. The zero-order valence-electron chi connectivity index (χ0n) is 17.2. The number of amides is 1. The second-order valence-corrected chi connectivity index (χ2v) is 9.07. The van der Waals surface area contributed by atoms with Gasteiger partial charge in [0.05, 0.1) is 23.1 Å². The maximum atomic E-state index is 13.4. The molecule has 2 aromatic rings. The van der Waals surface area contributed by atoms with E-state index in [-0.39, 0.29) is 28.4 Å². The van der Waals surface area contributed by atoms with Gasteiger partial charge in [0, 0.05) is 13.1 Å². The number of carbonyl (C=O) groups is 2. The van der Waals surface area contributed by atoms with E-state index in [0.29, 0.717) is 32.5 Å². The smallest absolute Gasteiger partial charge is 0.309 e. The van der Waals surface area contributed by atoms with Crippen LogP contribution in [0.4, 0.5) is 10.1 Å². The summed E-state index contributed by atoms with van der Waals surface area (Å²) in [7, 11) is -4.04. The largest absolute Gasteiger partial charge is 0.466 e. The van der Waals surface area contributed by atoms with Crippen molar-refractivity contribution in [1.82, 2.24) is 4.90 Å². The number of sulfonamides is 1. The third kappa shape index (κ3) is 5.41. The first-order valence-electron chi connectivity index (χ1n) is 10.1. The number of benzene rings is 2. The van der Waals surface area contributed by atoms with Gasteiger partial charge in [-0.1, -0.05) is 18.2 Å². The van der Waals surface area contributed by atoms with E-state index >= 15 is 0 Å². The Morgan fingerprint density at radius 1 is 1.06 bits per heavy atom. The molecule has 2 aromatic carbocycles. The van der Waals surface area contributed by atoms with E-state index in [1.54, 1.807) is 30.0 Å². The van der Waals surface area contributed by atoms with Crippen LogP contribution in [-0.4, -0.2) is 51.4 Å². The van der Waals surface area contributed by atoms with Crippen molar-refractivity contribution in [3.8, 4) is 0 Å². The first-order valence-corrected chi connectivity index (χ1v) is 11.5. The molecule has 0 spiro atoms. The van der Waals surface area contributed by atoms with Gasteiger partial charge in [0.15, 0.2) is 0 Å². The molecule has 1 saturated heterocycles. The highest BCUT2D eigenvalue weighted by Crippen LogP contribution is 2.25. The first-order chi connectivity index (χ1) is 14.8. The van der Waals surface area contributed by atoms with E-state index in [1.807, 2.05) is 0 Å². The number of piperidine rings is 1. The Balaban J connectivity index is 1.79. The Labute approximate surface area is 181 Å². The topological polar surface area (TPSA) is 84.0 Å². The lowest BCUT2D eigenvalue weighted by molar-refractivity contribution is -0.151. The summed E-state index contributed by atoms with van der Waals surface area (Å²) in [6.45, 7) is 2.30. The number of ether oxygens (including phenoxy) is 1. The predicted molar refractivity (Wildman–Crippen MR) is 113 cm³/mol. The summed E-state index contributed by atoms with van der Waals surface area (Å²) < 4.78 is 45.9. The monoisotopic (exact) mass is 448 g/mol. The summed E-state index contributed by atoms with van der Waals surface area (Å²) in [6.07, 6.45) is 0.930. The Bertz CT molecular complexity index is 1000. The number of nitrogens with zero attached hydrogens (tertiary/aromatic N) is 2. The van der Waals surface area contributed by atoms with Gasteiger partial charge in [-0.15, -0.1) is 0 Å². The molecule has 0 unspecified atom stereocenters. The van der Waals surface area contributed by atoms with Gasteiger partial charge in [0.2, 0.25) is 5.91 Å². The lowest BCUT2D eigenvalue weighted by Crippen LogP contribution is -2.46. The fourth-order valence-electron chi connectivity index (χ4n) is 3.49. The molecule has 0 saturated carbocycles. The van der Waals surface area contributed by atoms with Crippen molar-refractivity contribution < 1.29 is 27.1 Å². The van der Waals surface area contributed by atoms with E-state index in [4.69, 9.17) is 4.74 Å². The number of rotatable bonds is 7. The maximum Gasteiger partial charge on any atom is 0.309 e. The zero-order chi connectivity index (χ0) is 22.4. The second-order valence-electron chi connectivity index (χ2n) is 7.21. The normalized spacial score (nSPS) is 14.8.